The molecule has 3 N–H and O–H groups in total. The van der Waals surface area contributed by atoms with Gasteiger partial charge >= 0.3 is 0 Å². The zero-order valence-corrected chi connectivity index (χ0v) is 22.6. The summed E-state index contributed by atoms with van der Waals surface area (Å²) < 4.78 is 5.50. The number of nitrogens with two attached hydrogens (primary N) is 1. The first-order valence-electron chi connectivity index (χ1n) is 12.3. The van der Waals surface area contributed by atoms with Crippen LogP contribution in [0.4, 0.5) is 0 Å². The van der Waals surface area contributed by atoms with Crippen molar-refractivity contribution in [1.82, 2.24) is 15.2 Å². The van der Waals surface area contributed by atoms with E-state index in [0.29, 0.717) is 5.92 Å². The number of nitrogens with one attached hydrogen (secondary N) is 1. The van der Waals surface area contributed by atoms with E-state index in [2.05, 4.69) is 56.8 Å². The molecule has 0 aromatic rings. The highest BCUT2D eigenvalue weighted by molar-refractivity contribution is 8.03. The molecule has 1 saturated heterocycles. The Morgan fingerprint density at radius 1 is 1.19 bits per heavy atom. The van der Waals surface area contributed by atoms with Crippen molar-refractivity contribution >= 4 is 17.5 Å². The molecule has 7 heteroatoms. The number of thioether (sulfide) groups is 1. The third kappa shape index (κ3) is 7.85. The van der Waals surface area contributed by atoms with Crippen molar-refractivity contribution in [3.8, 4) is 0 Å². The summed E-state index contributed by atoms with van der Waals surface area (Å²) in [7, 11) is 0. The maximum atomic E-state index is 6.22. The fourth-order valence-electron chi connectivity index (χ4n) is 4.04. The Balaban J connectivity index is 0.00000249. The molecule has 0 unspecified atom stereocenters. The molecule has 0 aromatic carbocycles. The maximum absolute atomic E-state index is 6.22. The number of morpholine rings is 1. The second kappa shape index (κ2) is 15.4. The van der Waals surface area contributed by atoms with Crippen molar-refractivity contribution in [3.05, 3.63) is 33.6 Å². The summed E-state index contributed by atoms with van der Waals surface area (Å²) in [4.78, 5) is 3.61. The molecular formula is C25H47N5OS. The van der Waals surface area contributed by atoms with Crippen LogP contribution in [0.25, 0.3) is 0 Å². The van der Waals surface area contributed by atoms with Crippen LogP contribution in [-0.4, -0.2) is 60.9 Å². The SMILES string of the molecule is CC.CCN/C(C)=C(SCN1CCOCC1)/C(=C/N)N1CC(C(CC)CC)=C(C)C(C)=N1. The molecule has 1 fully saturated rings. The minimum absolute atomic E-state index is 0.584. The smallest absolute Gasteiger partial charge is 0.0905 e. The van der Waals surface area contributed by atoms with Crippen LogP contribution in [0.1, 0.15) is 68.2 Å². The number of ether oxygens (including phenoxy) is 1. The molecule has 32 heavy (non-hydrogen) atoms. The lowest BCUT2D eigenvalue weighted by atomic mass is 9.88. The van der Waals surface area contributed by atoms with Gasteiger partial charge in [-0.15, -0.1) is 11.8 Å². The molecule has 2 aliphatic heterocycles. The summed E-state index contributed by atoms with van der Waals surface area (Å²) in [6.45, 7) is 22.4. The van der Waals surface area contributed by atoms with Crippen molar-refractivity contribution in [1.29, 1.82) is 0 Å². The van der Waals surface area contributed by atoms with Crippen LogP contribution >= 0.6 is 11.8 Å². The lowest BCUT2D eigenvalue weighted by Gasteiger charge is -2.34. The van der Waals surface area contributed by atoms with Gasteiger partial charge in [0.15, 0.2) is 0 Å². The van der Waals surface area contributed by atoms with Gasteiger partial charge in [-0.1, -0.05) is 27.7 Å². The zero-order valence-electron chi connectivity index (χ0n) is 21.8. The number of allylic oxidation sites excluding steroid dienone is 2. The lowest BCUT2D eigenvalue weighted by Crippen LogP contribution is -2.36. The molecule has 0 spiro atoms. The third-order valence-corrected chi connectivity index (χ3v) is 7.34. The minimum Gasteiger partial charge on any atom is -0.403 e. The van der Waals surface area contributed by atoms with E-state index in [1.54, 1.807) is 6.20 Å². The highest BCUT2D eigenvalue weighted by Crippen LogP contribution is 2.34. The Labute approximate surface area is 201 Å². The molecule has 184 valence electrons. The Morgan fingerprint density at radius 3 is 2.34 bits per heavy atom. The van der Waals surface area contributed by atoms with E-state index in [0.717, 1.165) is 75.2 Å². The number of rotatable bonds is 10. The van der Waals surface area contributed by atoms with Crippen LogP contribution in [0, 0.1) is 5.92 Å². The number of hydrogen-bond donors (Lipinski definition) is 2. The molecule has 0 aliphatic carbocycles. The lowest BCUT2D eigenvalue weighted by molar-refractivity contribution is 0.0474. The van der Waals surface area contributed by atoms with Gasteiger partial charge in [-0.3, -0.25) is 9.91 Å². The molecule has 0 amide bonds. The van der Waals surface area contributed by atoms with Crippen LogP contribution in [0.3, 0.4) is 0 Å². The summed E-state index contributed by atoms with van der Waals surface area (Å²) in [5, 5.41) is 10.5. The first kappa shape index (κ1) is 28.6. The highest BCUT2D eigenvalue weighted by Gasteiger charge is 2.26. The van der Waals surface area contributed by atoms with Gasteiger partial charge in [0, 0.05) is 37.4 Å². The summed E-state index contributed by atoms with van der Waals surface area (Å²) in [5.74, 6) is 1.50. The standard InChI is InChI=1S/C23H41N5OS.C2H6/c1-7-20(8-2)21-15-28(26-18(5)17(21)4)22(14-24)23(19(6)25-9-3)30-16-27-10-12-29-13-11-27;1-2/h14,20,25H,7-13,15-16,24H2,1-6H3;1-2H3/b22-14-,23-19-;. The van der Waals surface area contributed by atoms with Crippen LogP contribution in [0.2, 0.25) is 0 Å². The van der Waals surface area contributed by atoms with Gasteiger partial charge in [0.1, 0.15) is 0 Å². The highest BCUT2D eigenvalue weighted by atomic mass is 32.2. The molecule has 0 radical (unpaired) electrons. The average Bonchev–Trinajstić information content (AvgIpc) is 2.82. The summed E-state index contributed by atoms with van der Waals surface area (Å²) in [6.07, 6.45) is 4.03. The van der Waals surface area contributed by atoms with Crippen molar-refractivity contribution in [2.75, 3.05) is 45.3 Å². The van der Waals surface area contributed by atoms with Gasteiger partial charge in [0.2, 0.25) is 0 Å². The fourth-order valence-corrected chi connectivity index (χ4v) is 5.22. The molecular weight excluding hydrogens is 418 g/mol. The molecule has 2 aliphatic rings. The van der Waals surface area contributed by atoms with Crippen molar-refractivity contribution in [2.45, 2.75) is 68.2 Å². The zero-order chi connectivity index (χ0) is 24.1. The third-order valence-electron chi connectivity index (χ3n) is 6.04. The second-order valence-corrected chi connectivity index (χ2v) is 8.90. The quantitative estimate of drug-likeness (QED) is 0.437. The predicted octanol–water partition coefficient (Wildman–Crippen LogP) is 5.12. The van der Waals surface area contributed by atoms with Gasteiger partial charge in [0.25, 0.3) is 0 Å². The Morgan fingerprint density at radius 2 is 1.81 bits per heavy atom. The topological polar surface area (TPSA) is 66.1 Å². The fraction of sp³-hybridized carbons (Fsp3) is 0.720. The monoisotopic (exact) mass is 465 g/mol. The van der Waals surface area contributed by atoms with Gasteiger partial charge in [-0.05, 0) is 57.6 Å². The van der Waals surface area contributed by atoms with Crippen LogP contribution in [0.5, 0.6) is 0 Å². The maximum Gasteiger partial charge on any atom is 0.0905 e. The van der Waals surface area contributed by atoms with Crippen LogP contribution < -0.4 is 11.1 Å². The summed E-state index contributed by atoms with van der Waals surface area (Å²) >= 11 is 1.84. The summed E-state index contributed by atoms with van der Waals surface area (Å²) in [6, 6.07) is 0. The van der Waals surface area contributed by atoms with Gasteiger partial charge in [-0.2, -0.15) is 5.10 Å². The molecule has 2 heterocycles. The van der Waals surface area contributed by atoms with E-state index in [4.69, 9.17) is 15.6 Å². The Kier molecular flexibility index (Phi) is 13.8. The molecule has 0 bridgehead atoms. The van der Waals surface area contributed by atoms with E-state index >= 15 is 0 Å². The molecule has 0 saturated carbocycles. The van der Waals surface area contributed by atoms with Gasteiger partial charge < -0.3 is 15.8 Å². The van der Waals surface area contributed by atoms with Crippen molar-refractivity contribution in [3.63, 3.8) is 0 Å². The van der Waals surface area contributed by atoms with Crippen molar-refractivity contribution < 1.29 is 4.74 Å². The minimum atomic E-state index is 0.584. The number of hydrogen-bond acceptors (Lipinski definition) is 7. The number of nitrogens with zero attached hydrogens (tertiary/aromatic N) is 3. The first-order chi connectivity index (χ1) is 15.5. The Bertz CT molecular complexity index is 688. The second-order valence-electron chi connectivity index (χ2n) is 7.95. The largest absolute Gasteiger partial charge is 0.403 e. The molecule has 2 rings (SSSR count). The normalized spacial score (nSPS) is 18.8. The summed E-state index contributed by atoms with van der Waals surface area (Å²) in [5.41, 5.74) is 12.3. The predicted molar refractivity (Wildman–Crippen MR) is 141 cm³/mol. The molecule has 6 nitrogen and oxygen atoms in total. The van der Waals surface area contributed by atoms with E-state index < -0.39 is 0 Å². The van der Waals surface area contributed by atoms with Crippen LogP contribution in [-0.2, 0) is 4.74 Å². The van der Waals surface area contributed by atoms with E-state index in [1.165, 1.54) is 16.1 Å². The van der Waals surface area contributed by atoms with E-state index in [-0.39, 0.29) is 0 Å². The van der Waals surface area contributed by atoms with Crippen molar-refractivity contribution in [2.24, 2.45) is 16.8 Å². The van der Waals surface area contributed by atoms with E-state index in [9.17, 15) is 0 Å². The molecule has 0 aromatic heterocycles. The number of hydrazone groups is 1. The van der Waals surface area contributed by atoms with Crippen LogP contribution in [0.15, 0.2) is 38.7 Å². The molecule has 0 atom stereocenters. The van der Waals surface area contributed by atoms with E-state index in [1.807, 2.05) is 25.6 Å². The van der Waals surface area contributed by atoms with Gasteiger partial charge in [0.05, 0.1) is 36.1 Å². The van der Waals surface area contributed by atoms with Gasteiger partial charge in [-0.25, -0.2) is 0 Å². The average molecular weight is 466 g/mol. The first-order valence-corrected chi connectivity index (χ1v) is 13.3. The Hall–Kier alpha value is -1.44.